The Kier molecular flexibility index (Phi) is 5.08. The van der Waals surface area contributed by atoms with Crippen molar-refractivity contribution in [3.8, 4) is 0 Å². The van der Waals surface area contributed by atoms with Crippen LogP contribution < -0.4 is 0 Å². The number of nitrogens with zero attached hydrogens (tertiary/aromatic N) is 4. The molecule has 0 spiro atoms. The first kappa shape index (κ1) is 19.2. The van der Waals surface area contributed by atoms with E-state index in [0.717, 1.165) is 34.7 Å². The lowest BCUT2D eigenvalue weighted by Gasteiger charge is -2.39. The summed E-state index contributed by atoms with van der Waals surface area (Å²) in [4.78, 5) is 15.0. The summed E-state index contributed by atoms with van der Waals surface area (Å²) in [6, 6.07) is 7.12. The highest BCUT2D eigenvalue weighted by atomic mass is 32.2. The minimum Gasteiger partial charge on any atom is -0.337 e. The predicted molar refractivity (Wildman–Crippen MR) is 115 cm³/mol. The molecule has 0 N–H and O–H groups in total. The molecule has 0 saturated carbocycles. The van der Waals surface area contributed by atoms with Crippen LogP contribution in [0.25, 0.3) is 16.6 Å². The van der Waals surface area contributed by atoms with Crippen LogP contribution in [0.15, 0.2) is 23.4 Å². The second kappa shape index (κ2) is 7.39. The summed E-state index contributed by atoms with van der Waals surface area (Å²) in [6.45, 7) is 10.7. The number of likely N-dealkylation sites (tertiary alicyclic amines) is 1. The Bertz CT molecular complexity index is 1050. The normalized spacial score (nSPS) is 20.2. The summed E-state index contributed by atoms with van der Waals surface area (Å²) < 4.78 is 2.13. The van der Waals surface area contributed by atoms with Crippen molar-refractivity contribution in [3.63, 3.8) is 0 Å². The molecule has 2 atom stereocenters. The van der Waals surface area contributed by atoms with E-state index in [2.05, 4.69) is 72.3 Å². The topological polar surface area (TPSA) is 50.5 Å². The SMILES string of the molecule is Cc1ccc2cc(C)c3nnc(SCC(=O)N4[C@H](C)CCC[C@@H]4C)n3c2c1C. The van der Waals surface area contributed by atoms with Crippen molar-refractivity contribution in [2.45, 2.75) is 71.1 Å². The standard InChI is InChI=1S/C22H28N4OS/c1-13-9-10-18-11-14(2)21-23-24-22(26(21)20(18)17(13)5)28-12-19(27)25-15(3)7-6-8-16(25)4/h9-11,15-16H,6-8,12H2,1-5H3/t15-,16+. The van der Waals surface area contributed by atoms with Gasteiger partial charge < -0.3 is 4.90 Å². The Labute approximate surface area is 170 Å². The van der Waals surface area contributed by atoms with Crippen molar-refractivity contribution >= 4 is 34.2 Å². The molecule has 0 unspecified atom stereocenters. The average molecular weight is 397 g/mol. The van der Waals surface area contributed by atoms with Crippen molar-refractivity contribution < 1.29 is 4.79 Å². The zero-order valence-electron chi connectivity index (χ0n) is 17.3. The highest BCUT2D eigenvalue weighted by Gasteiger charge is 2.29. The van der Waals surface area contributed by atoms with Gasteiger partial charge in [-0.15, -0.1) is 10.2 Å². The molecule has 0 aliphatic carbocycles. The molecule has 1 aliphatic rings. The highest BCUT2D eigenvalue weighted by molar-refractivity contribution is 7.99. The van der Waals surface area contributed by atoms with Gasteiger partial charge in [0, 0.05) is 12.1 Å². The molecule has 3 heterocycles. The van der Waals surface area contributed by atoms with E-state index >= 15 is 0 Å². The third kappa shape index (κ3) is 3.17. The number of thioether (sulfide) groups is 1. The lowest BCUT2D eigenvalue weighted by molar-refractivity contribution is -0.134. The Morgan fingerprint density at radius 1 is 1.11 bits per heavy atom. The van der Waals surface area contributed by atoms with Crippen LogP contribution in [0.1, 0.15) is 49.8 Å². The summed E-state index contributed by atoms with van der Waals surface area (Å²) in [5.74, 6) is 0.599. The Morgan fingerprint density at radius 2 is 1.82 bits per heavy atom. The number of hydrogen-bond acceptors (Lipinski definition) is 4. The summed E-state index contributed by atoms with van der Waals surface area (Å²) in [5.41, 5.74) is 5.58. The molecule has 1 aliphatic heterocycles. The Morgan fingerprint density at radius 3 is 2.54 bits per heavy atom. The second-order valence-corrected chi connectivity index (χ2v) is 9.08. The maximum Gasteiger partial charge on any atom is 0.233 e. The zero-order valence-corrected chi connectivity index (χ0v) is 18.1. The van der Waals surface area contributed by atoms with Crippen LogP contribution in [-0.4, -0.2) is 43.2 Å². The van der Waals surface area contributed by atoms with Gasteiger partial charge in [-0.3, -0.25) is 9.20 Å². The van der Waals surface area contributed by atoms with E-state index in [1.807, 2.05) is 0 Å². The number of rotatable bonds is 3. The summed E-state index contributed by atoms with van der Waals surface area (Å²) in [6.07, 6.45) is 3.39. The quantitative estimate of drug-likeness (QED) is 0.603. The fraction of sp³-hybridized carbons (Fsp3) is 0.500. The largest absolute Gasteiger partial charge is 0.337 e. The zero-order chi connectivity index (χ0) is 20.0. The lowest BCUT2D eigenvalue weighted by Crippen LogP contribution is -2.48. The first-order valence-corrected chi connectivity index (χ1v) is 11.1. The van der Waals surface area contributed by atoms with Gasteiger partial charge in [-0.2, -0.15) is 0 Å². The lowest BCUT2D eigenvalue weighted by atomic mass is 9.98. The molecule has 0 radical (unpaired) electrons. The van der Waals surface area contributed by atoms with Gasteiger partial charge in [0.2, 0.25) is 5.91 Å². The molecule has 1 saturated heterocycles. The van der Waals surface area contributed by atoms with Gasteiger partial charge in [-0.25, -0.2) is 0 Å². The Hall–Kier alpha value is -2.08. The van der Waals surface area contributed by atoms with Crippen LogP contribution in [0, 0.1) is 20.8 Å². The molecule has 1 aromatic carbocycles. The molecule has 0 bridgehead atoms. The van der Waals surface area contributed by atoms with Gasteiger partial charge in [0.05, 0.1) is 11.3 Å². The third-order valence-electron chi connectivity index (χ3n) is 6.12. The number of fused-ring (bicyclic) bond motifs is 3. The van der Waals surface area contributed by atoms with Crippen LogP contribution in [-0.2, 0) is 4.79 Å². The van der Waals surface area contributed by atoms with Gasteiger partial charge in [0.25, 0.3) is 0 Å². The van der Waals surface area contributed by atoms with Gasteiger partial charge in [0.1, 0.15) is 0 Å². The van der Waals surface area contributed by atoms with Crippen molar-refractivity contribution in [3.05, 3.63) is 34.9 Å². The third-order valence-corrected chi connectivity index (χ3v) is 7.03. The maximum absolute atomic E-state index is 12.9. The number of hydrogen-bond donors (Lipinski definition) is 0. The molecule has 4 rings (SSSR count). The second-order valence-electron chi connectivity index (χ2n) is 8.13. The Balaban J connectivity index is 1.70. The van der Waals surface area contributed by atoms with E-state index in [1.165, 1.54) is 34.7 Å². The molecule has 3 aromatic rings. The van der Waals surface area contributed by atoms with Crippen LogP contribution in [0.2, 0.25) is 0 Å². The summed E-state index contributed by atoms with van der Waals surface area (Å²) in [7, 11) is 0. The smallest absolute Gasteiger partial charge is 0.233 e. The predicted octanol–water partition coefficient (Wildman–Crippen LogP) is 4.69. The molecule has 1 amide bonds. The fourth-order valence-corrected chi connectivity index (χ4v) is 5.27. The summed E-state index contributed by atoms with van der Waals surface area (Å²) in [5, 5.41) is 10.8. The van der Waals surface area contributed by atoms with Crippen LogP contribution >= 0.6 is 11.8 Å². The maximum atomic E-state index is 12.9. The van der Waals surface area contributed by atoms with E-state index < -0.39 is 0 Å². The van der Waals surface area contributed by atoms with E-state index in [0.29, 0.717) is 17.8 Å². The van der Waals surface area contributed by atoms with E-state index in [-0.39, 0.29) is 5.91 Å². The van der Waals surface area contributed by atoms with Crippen molar-refractivity contribution in [1.82, 2.24) is 19.5 Å². The van der Waals surface area contributed by atoms with Gasteiger partial charge >= 0.3 is 0 Å². The number of aryl methyl sites for hydroxylation is 3. The monoisotopic (exact) mass is 396 g/mol. The minimum absolute atomic E-state index is 0.200. The van der Waals surface area contributed by atoms with Crippen molar-refractivity contribution in [1.29, 1.82) is 0 Å². The molecule has 2 aromatic heterocycles. The van der Waals surface area contributed by atoms with Crippen molar-refractivity contribution in [2.24, 2.45) is 0 Å². The van der Waals surface area contributed by atoms with Gasteiger partial charge in [0.15, 0.2) is 10.8 Å². The minimum atomic E-state index is 0.200. The number of benzene rings is 1. The van der Waals surface area contributed by atoms with Gasteiger partial charge in [-0.05, 0) is 82.0 Å². The van der Waals surface area contributed by atoms with Crippen molar-refractivity contribution in [2.75, 3.05) is 5.75 Å². The number of carbonyl (C=O) groups is 1. The highest BCUT2D eigenvalue weighted by Crippen LogP contribution is 2.30. The number of amides is 1. The number of piperidine rings is 1. The summed E-state index contributed by atoms with van der Waals surface area (Å²) >= 11 is 1.50. The average Bonchev–Trinajstić information content (AvgIpc) is 3.07. The first-order valence-electron chi connectivity index (χ1n) is 10.1. The fourth-order valence-electron chi connectivity index (χ4n) is 4.47. The molecule has 28 heavy (non-hydrogen) atoms. The molecule has 5 nitrogen and oxygen atoms in total. The van der Waals surface area contributed by atoms with E-state index in [4.69, 9.17) is 0 Å². The van der Waals surface area contributed by atoms with Crippen LogP contribution in [0.5, 0.6) is 0 Å². The number of aromatic nitrogens is 3. The van der Waals surface area contributed by atoms with E-state index in [1.54, 1.807) is 0 Å². The van der Waals surface area contributed by atoms with Gasteiger partial charge in [-0.1, -0.05) is 23.9 Å². The molecule has 6 heteroatoms. The van der Waals surface area contributed by atoms with Crippen LogP contribution in [0.3, 0.4) is 0 Å². The number of pyridine rings is 1. The molecule has 148 valence electrons. The molecular weight excluding hydrogens is 368 g/mol. The molecular formula is C22H28N4OS. The van der Waals surface area contributed by atoms with E-state index in [9.17, 15) is 4.79 Å². The first-order chi connectivity index (χ1) is 13.4. The number of carbonyl (C=O) groups excluding carboxylic acids is 1. The van der Waals surface area contributed by atoms with Crippen LogP contribution in [0.4, 0.5) is 0 Å². The molecule has 1 fully saturated rings.